The first-order chi connectivity index (χ1) is 46.1. The Bertz CT molecular complexity index is 3250. The van der Waals surface area contributed by atoms with Gasteiger partial charge in [-0.15, -0.1) is 0 Å². The van der Waals surface area contributed by atoms with E-state index in [1.54, 1.807) is 0 Å². The molecule has 0 aromatic rings. The van der Waals surface area contributed by atoms with Crippen molar-refractivity contribution in [1.82, 2.24) is 0 Å². The Labute approximate surface area is 371 Å². The van der Waals surface area contributed by atoms with E-state index in [4.69, 9.17) is 86.4 Å². The second-order valence-corrected chi connectivity index (χ2v) is 8.21. The van der Waals surface area contributed by atoms with E-state index in [-0.39, 0.29) is 0 Å². The molecule has 0 saturated carbocycles. The summed E-state index contributed by atoms with van der Waals surface area (Å²) in [5.74, 6) is -6.37. The number of phosphoric acid groups is 1. The standard InChI is InChI=1S/C36H72NO8P/c1-6-8-10-12-14-16-18-20-22-24-26-28-35(38)42-32-34(33-44-46(40,41)43-31-30-37(3,4)5)45-36(39)29-27-25-23-21-19-17-15-13-11-9-7-2/h34H,6-33H2,1-5H3/p+1/t34-/m1/s1/i1D3,2D3,3D3,4D3,5D3,6D2,7D2,8D2,9D2,10D2,11D2,12D2,13D2,14D2,15D2,16D2,17D2,18D2,19D2,20D2,21D2,22D2,23D2,24D2,25D2,26D2,27D2,28D2,29D2. The first-order valence-electron chi connectivity index (χ1n) is 43.0. The zero-order valence-corrected chi connectivity index (χ0v) is 24.0. The van der Waals surface area contributed by atoms with Gasteiger partial charge in [0.1, 0.15) is 19.8 Å². The molecule has 2 atom stereocenters. The number of esters is 2. The van der Waals surface area contributed by atoms with Crippen molar-refractivity contribution < 1.29 is 128 Å². The highest BCUT2D eigenvalue weighted by molar-refractivity contribution is 7.47. The summed E-state index contributed by atoms with van der Waals surface area (Å²) in [5, 5.41) is 0. The minimum atomic E-state index is -6.34. The van der Waals surface area contributed by atoms with Gasteiger partial charge < -0.3 is 18.9 Å². The Kier molecular flexibility index (Phi) is 4.98. The van der Waals surface area contributed by atoms with Crippen LogP contribution >= 0.6 is 7.82 Å². The molecule has 0 bridgehead atoms. The molecule has 46 heavy (non-hydrogen) atoms. The van der Waals surface area contributed by atoms with Gasteiger partial charge in [-0.2, -0.15) is 0 Å². The Hall–Kier alpha value is -0.990. The molecular formula is C36H73NO8P+. The fourth-order valence-electron chi connectivity index (χ4n) is 1.74. The minimum Gasteiger partial charge on any atom is -0.462 e. The maximum absolute atomic E-state index is 14.0. The lowest BCUT2D eigenvalue weighted by Gasteiger charge is -2.24. The lowest BCUT2D eigenvalue weighted by atomic mass is 10.1. The van der Waals surface area contributed by atoms with Gasteiger partial charge in [-0.25, -0.2) is 4.57 Å². The second-order valence-electron chi connectivity index (χ2n) is 6.76. The average molecular weight is 742 g/mol. The van der Waals surface area contributed by atoms with Gasteiger partial charge in [0.2, 0.25) is 0 Å². The van der Waals surface area contributed by atoms with E-state index in [1.807, 2.05) is 0 Å². The third-order valence-electron chi connectivity index (χ3n) is 3.36. The summed E-state index contributed by atoms with van der Waals surface area (Å²) < 4.78 is 539. The molecule has 9 nitrogen and oxygen atoms in total. The zero-order chi connectivity index (χ0) is 89.9. The van der Waals surface area contributed by atoms with Gasteiger partial charge in [0.15, 0.2) is 6.10 Å². The van der Waals surface area contributed by atoms with E-state index in [1.165, 1.54) is 0 Å². The second kappa shape index (κ2) is 30.1. The van der Waals surface area contributed by atoms with Crippen molar-refractivity contribution in [3.8, 4) is 0 Å². The van der Waals surface area contributed by atoms with E-state index >= 15 is 0 Å². The summed E-state index contributed by atoms with van der Waals surface area (Å²) in [5.41, 5.74) is 0. The number of hydrogen-bond donors (Lipinski definition) is 1. The van der Waals surface area contributed by atoms with Gasteiger partial charge in [-0.1, -0.05) is 141 Å². The first kappa shape index (κ1) is 7.61. The Morgan fingerprint density at radius 1 is 0.652 bits per heavy atom. The molecule has 0 heterocycles. The molecule has 0 saturated heterocycles. The van der Waals surface area contributed by atoms with Crippen LogP contribution in [0, 0.1) is 0 Å². The van der Waals surface area contributed by atoms with Crippen molar-refractivity contribution in [1.29, 1.82) is 0 Å². The average Bonchev–Trinajstić information content (AvgIpc) is 0.682. The third kappa shape index (κ3) is 32.9. The third-order valence-corrected chi connectivity index (χ3v) is 4.34. The molecule has 0 fully saturated rings. The fourth-order valence-corrected chi connectivity index (χ4v) is 2.48. The highest BCUT2D eigenvalue weighted by atomic mass is 31.2. The van der Waals surface area contributed by atoms with Gasteiger partial charge in [-0.05, 0) is 12.7 Å². The summed E-state index contributed by atoms with van der Waals surface area (Å²) in [4.78, 5) is 38.4. The van der Waals surface area contributed by atoms with Crippen LogP contribution < -0.4 is 0 Å². The summed E-state index contributed by atoms with van der Waals surface area (Å²) in [7, 11) is -6.34. The van der Waals surface area contributed by atoms with Crippen molar-refractivity contribution in [2.24, 2.45) is 0 Å². The highest BCUT2D eigenvalue weighted by Crippen LogP contribution is 2.43. The number of likely N-dealkylation sites (N-methyl/N-ethyl adjacent to an activating group) is 1. The fraction of sp³-hybridized carbons (Fsp3) is 0.944. The van der Waals surface area contributed by atoms with Gasteiger partial charge in [0, 0.05) is 86.8 Å². The Morgan fingerprint density at radius 2 is 1.09 bits per heavy atom. The number of hydrogen-bond acceptors (Lipinski definition) is 7. The van der Waals surface area contributed by atoms with Crippen LogP contribution in [0.2, 0.25) is 0 Å². The molecule has 0 spiro atoms. The largest absolute Gasteiger partial charge is 0.472 e. The van der Waals surface area contributed by atoms with Crippen LogP contribution in [0.25, 0.3) is 0 Å². The summed E-state index contributed by atoms with van der Waals surface area (Å²) in [6.45, 7) is -29.5. The maximum Gasteiger partial charge on any atom is 0.472 e. The van der Waals surface area contributed by atoms with Crippen LogP contribution in [0.1, 0.15) is 253 Å². The van der Waals surface area contributed by atoms with Crippen molar-refractivity contribution in [2.45, 2.75) is 173 Å². The lowest BCUT2D eigenvalue weighted by molar-refractivity contribution is -0.870. The van der Waals surface area contributed by atoms with Crippen LogP contribution in [-0.4, -0.2) is 74.7 Å². The maximum atomic E-state index is 14.0. The van der Waals surface area contributed by atoms with Crippen molar-refractivity contribution in [2.75, 3.05) is 47.3 Å². The van der Waals surface area contributed by atoms with E-state index in [2.05, 4.69) is 18.5 Å². The SMILES string of the molecule is [2H]C([2H])([2H])C([2H])([2H])C([2H])([2H])C([2H])([2H])C([2H])([2H])C([2H])([2H])C([2H])([2H])C([2H])([2H])C([2H])([2H])C([2H])([2H])C([2H])([2H])C([2H])([2H])C([2H])([2H])C(=O)OC[C@H](COP(=O)(O)OCC[N+](C([2H])([2H])[2H])(C([2H])([2H])[2H])C([2H])([2H])[2H])OC(=O)C([2H])([2H])C([2H])([2H])C([2H])([2H])C([2H])([2H])C([2H])([2H])C([2H])([2H])C([2H])([2H])C([2H])([2H])C([2H])([2H])C([2H])([2H])C([2H])([2H])C([2H])([2H])C([2H])([2H])[2H]. The number of quaternary nitrogens is 1. The van der Waals surface area contributed by atoms with Crippen molar-refractivity contribution in [3.63, 3.8) is 0 Å². The monoisotopic (exact) mass is 742 g/mol. The van der Waals surface area contributed by atoms with Crippen LogP contribution in [0.4, 0.5) is 0 Å². The highest BCUT2D eigenvalue weighted by Gasteiger charge is 2.27. The number of carbonyl (C=O) groups is 2. The summed E-state index contributed by atoms with van der Waals surface area (Å²) >= 11 is 0. The topological polar surface area (TPSA) is 108 Å². The minimum absolute atomic E-state index is 1.86. The van der Waals surface area contributed by atoms with Gasteiger partial charge >= 0.3 is 19.8 Å². The molecule has 0 rings (SSSR count). The lowest BCUT2D eigenvalue weighted by Crippen LogP contribution is -2.37. The number of ether oxygens (including phenoxy) is 2. The molecule has 0 aliphatic heterocycles. The van der Waals surface area contributed by atoms with Crippen LogP contribution in [-0.2, 0) is 32.7 Å². The number of phosphoric ester groups is 1. The van der Waals surface area contributed by atoms with E-state index in [9.17, 15) is 19.0 Å². The number of rotatable bonds is 34. The smallest absolute Gasteiger partial charge is 0.462 e. The summed E-state index contributed by atoms with van der Waals surface area (Å²) in [6.07, 6.45) is -130. The van der Waals surface area contributed by atoms with Crippen molar-refractivity contribution in [3.05, 3.63) is 0 Å². The van der Waals surface area contributed by atoms with Crippen LogP contribution in [0.3, 0.4) is 0 Å². The quantitative estimate of drug-likeness (QED) is 0.0395. The molecular weight excluding hydrogens is 605 g/mol. The van der Waals surface area contributed by atoms with Crippen LogP contribution in [0.15, 0.2) is 0 Å². The molecule has 274 valence electrons. The van der Waals surface area contributed by atoms with Gasteiger partial charge in [0.05, 0.1) is 39.9 Å². The first-order valence-corrected chi connectivity index (χ1v) is 13.0. The van der Waals surface area contributed by atoms with E-state index in [0.717, 1.165) is 0 Å². The van der Waals surface area contributed by atoms with Crippen LogP contribution in [0.5, 0.6) is 0 Å². The zero-order valence-electron chi connectivity index (χ0n) is 86.1. The van der Waals surface area contributed by atoms with Gasteiger partial charge in [0.25, 0.3) is 0 Å². The molecule has 0 aromatic carbocycles. The Morgan fingerprint density at radius 3 is 1.54 bits per heavy atom. The molecule has 0 aliphatic rings. The predicted octanol–water partition coefficient (Wildman–Crippen LogP) is 9.68. The molecule has 1 N–H and O–H groups in total. The molecule has 0 aliphatic carbocycles. The molecule has 10 heteroatoms. The molecule has 0 aromatic heterocycles. The molecule has 0 amide bonds. The van der Waals surface area contributed by atoms with Crippen molar-refractivity contribution >= 4 is 19.8 Å². The normalized spacial score (nSPS) is 42.9. The molecule has 1 unspecified atom stereocenters. The summed E-state index contributed by atoms with van der Waals surface area (Å²) in [6, 6.07) is 0. The molecule has 0 radical (unpaired) electrons. The van der Waals surface area contributed by atoms with E-state index in [0.29, 0.717) is 0 Å². The Balaban J connectivity index is 8.50. The van der Waals surface area contributed by atoms with E-state index < -0.39 is 244 Å². The van der Waals surface area contributed by atoms with Gasteiger partial charge in [-0.3, -0.25) is 18.6 Å². The predicted molar refractivity (Wildman–Crippen MR) is 188 cm³/mol. The number of carbonyl (C=O) groups excluding carboxylic acids is 2. The number of nitrogens with zero attached hydrogens (tertiary/aromatic N) is 1.